The molecule has 0 radical (unpaired) electrons. The lowest BCUT2D eigenvalue weighted by atomic mass is 9.95. The fourth-order valence-electron chi connectivity index (χ4n) is 5.14. The number of carbonyl (C=O) groups is 1. The van der Waals surface area contributed by atoms with Gasteiger partial charge < -0.3 is 18.9 Å². The Labute approximate surface area is 278 Å². The van der Waals surface area contributed by atoms with Gasteiger partial charge in [-0.2, -0.15) is 0 Å². The molecule has 2 heterocycles. The summed E-state index contributed by atoms with van der Waals surface area (Å²) in [6, 6.07) is 16.5. The number of esters is 1. The molecule has 11 heteroatoms. The fraction of sp³-hybridized carbons (Fsp3) is 0.286. The highest BCUT2D eigenvalue weighted by Crippen LogP contribution is 2.38. The number of hydrogen-bond acceptors (Lipinski definition) is 8. The van der Waals surface area contributed by atoms with Gasteiger partial charge in [-0.05, 0) is 86.5 Å². The van der Waals surface area contributed by atoms with Gasteiger partial charge in [-0.25, -0.2) is 14.2 Å². The Morgan fingerprint density at radius 2 is 1.80 bits per heavy atom. The molecule has 1 aromatic heterocycles. The molecule has 0 spiro atoms. The molecule has 0 saturated heterocycles. The quantitative estimate of drug-likeness (QED) is 0.166. The Morgan fingerprint density at radius 1 is 1.07 bits per heavy atom. The summed E-state index contributed by atoms with van der Waals surface area (Å²) in [7, 11) is 0. The third-order valence-electron chi connectivity index (χ3n) is 7.05. The number of para-hydroxylation sites is 1. The molecule has 8 nitrogen and oxygen atoms in total. The van der Waals surface area contributed by atoms with Crippen LogP contribution in [0.1, 0.15) is 57.4 Å². The van der Waals surface area contributed by atoms with E-state index in [2.05, 4.69) is 20.9 Å². The van der Waals surface area contributed by atoms with Crippen LogP contribution >= 0.6 is 27.3 Å². The van der Waals surface area contributed by atoms with Crippen LogP contribution in [0.25, 0.3) is 6.08 Å². The Bertz CT molecular complexity index is 1980. The van der Waals surface area contributed by atoms with Crippen LogP contribution in [0.5, 0.6) is 17.2 Å². The summed E-state index contributed by atoms with van der Waals surface area (Å²) in [5.74, 6) is 0.510. The minimum atomic E-state index is -0.813. The van der Waals surface area contributed by atoms with Gasteiger partial charge in [-0.1, -0.05) is 47.7 Å². The first-order chi connectivity index (χ1) is 22.1. The van der Waals surface area contributed by atoms with Gasteiger partial charge in [0.25, 0.3) is 5.56 Å². The molecule has 3 aromatic carbocycles. The van der Waals surface area contributed by atoms with Crippen molar-refractivity contribution in [3.05, 3.63) is 119 Å². The van der Waals surface area contributed by atoms with Crippen LogP contribution < -0.4 is 29.1 Å². The van der Waals surface area contributed by atoms with E-state index < -0.39 is 12.0 Å². The summed E-state index contributed by atoms with van der Waals surface area (Å²) in [6.45, 7) is 9.71. The van der Waals surface area contributed by atoms with Gasteiger partial charge in [0.05, 0.1) is 39.6 Å². The molecular weight excluding hydrogens is 675 g/mol. The van der Waals surface area contributed by atoms with Crippen molar-refractivity contribution in [1.29, 1.82) is 0 Å². The SMILES string of the molecule is CCOC(=O)C1=C(C)N=c2s/c(=C/c3cc(Br)c(OCc4ccccc4F)c(OCC)c3)c(=O)n2[C@@H]1c1ccccc1OC(C)C. The first-order valence-corrected chi connectivity index (χ1v) is 16.5. The fourth-order valence-corrected chi connectivity index (χ4v) is 6.77. The first-order valence-electron chi connectivity index (χ1n) is 14.9. The number of rotatable bonds is 11. The largest absolute Gasteiger partial charge is 0.491 e. The lowest BCUT2D eigenvalue weighted by molar-refractivity contribution is -0.139. The molecule has 4 aromatic rings. The highest BCUT2D eigenvalue weighted by Gasteiger charge is 2.35. The standard InChI is InChI=1S/C35H34BrFN2O6S/c1-6-42-28-17-22(16-25(36)32(28)44-19-23-12-8-10-14-26(23)37)18-29-33(40)39-31(24-13-9-11-15-27(24)45-20(3)4)30(34(41)43-7-2)21(5)38-35(39)46-29/h8-18,20,31H,6-7,19H2,1-5H3/b29-18+/t31-/m1/s1. The van der Waals surface area contributed by atoms with E-state index in [4.69, 9.17) is 18.9 Å². The van der Waals surface area contributed by atoms with E-state index in [0.29, 0.717) is 60.0 Å². The van der Waals surface area contributed by atoms with Crippen molar-refractivity contribution in [2.45, 2.75) is 53.4 Å². The van der Waals surface area contributed by atoms with Crippen molar-refractivity contribution in [3.8, 4) is 17.2 Å². The van der Waals surface area contributed by atoms with Crippen molar-refractivity contribution < 1.29 is 28.1 Å². The van der Waals surface area contributed by atoms with E-state index in [-0.39, 0.29) is 36.3 Å². The number of benzene rings is 3. The smallest absolute Gasteiger partial charge is 0.338 e. The molecule has 0 bridgehead atoms. The number of halogens is 2. The van der Waals surface area contributed by atoms with Crippen molar-refractivity contribution in [2.24, 2.45) is 4.99 Å². The lowest BCUT2D eigenvalue weighted by Crippen LogP contribution is -2.40. The number of aromatic nitrogens is 1. The van der Waals surface area contributed by atoms with Gasteiger partial charge in [-0.15, -0.1) is 0 Å². The Morgan fingerprint density at radius 3 is 2.52 bits per heavy atom. The second-order valence-corrected chi connectivity index (χ2v) is 12.5. The van der Waals surface area contributed by atoms with Crippen LogP contribution in [-0.4, -0.2) is 29.9 Å². The molecular formula is C35H34BrFN2O6S. The molecule has 1 aliphatic heterocycles. The van der Waals surface area contributed by atoms with Gasteiger partial charge in [0.2, 0.25) is 0 Å². The maximum atomic E-state index is 14.2. The van der Waals surface area contributed by atoms with E-state index in [1.807, 2.05) is 45.0 Å². The summed E-state index contributed by atoms with van der Waals surface area (Å²) < 4.78 is 40.1. The predicted molar refractivity (Wildman–Crippen MR) is 179 cm³/mol. The van der Waals surface area contributed by atoms with E-state index in [0.717, 1.165) is 0 Å². The molecule has 1 aliphatic rings. The van der Waals surface area contributed by atoms with E-state index in [1.165, 1.54) is 22.0 Å². The summed E-state index contributed by atoms with van der Waals surface area (Å²) in [4.78, 5) is 32.6. The summed E-state index contributed by atoms with van der Waals surface area (Å²) in [5.41, 5.74) is 2.15. The number of ether oxygens (including phenoxy) is 4. The maximum absolute atomic E-state index is 14.2. The average molecular weight is 710 g/mol. The molecule has 1 atom stereocenters. The zero-order valence-corrected chi connectivity index (χ0v) is 28.5. The zero-order valence-electron chi connectivity index (χ0n) is 26.1. The molecule has 0 fully saturated rings. The molecule has 46 heavy (non-hydrogen) atoms. The van der Waals surface area contributed by atoms with Crippen LogP contribution in [0.3, 0.4) is 0 Å². The number of hydrogen-bond donors (Lipinski definition) is 0. The van der Waals surface area contributed by atoms with Gasteiger partial charge in [-0.3, -0.25) is 9.36 Å². The highest BCUT2D eigenvalue weighted by molar-refractivity contribution is 9.10. The zero-order chi connectivity index (χ0) is 33.0. The van der Waals surface area contributed by atoms with Crippen LogP contribution in [0.2, 0.25) is 0 Å². The van der Waals surface area contributed by atoms with Crippen molar-refractivity contribution in [2.75, 3.05) is 13.2 Å². The molecule has 0 N–H and O–H groups in total. The number of carbonyl (C=O) groups excluding carboxylic acids is 1. The number of nitrogens with zero attached hydrogens (tertiary/aromatic N) is 2. The number of thiazole rings is 1. The van der Waals surface area contributed by atoms with Gasteiger partial charge in [0.1, 0.15) is 24.2 Å². The van der Waals surface area contributed by atoms with Crippen LogP contribution in [0.4, 0.5) is 4.39 Å². The number of allylic oxidation sites excluding steroid dienone is 1. The van der Waals surface area contributed by atoms with E-state index in [1.54, 1.807) is 50.3 Å². The molecule has 5 rings (SSSR count). The minimum absolute atomic E-state index is 0.00738. The number of fused-ring (bicyclic) bond motifs is 1. The molecule has 0 amide bonds. The second-order valence-electron chi connectivity index (χ2n) is 10.6. The normalized spacial score (nSPS) is 14.6. The topological polar surface area (TPSA) is 88.4 Å². The minimum Gasteiger partial charge on any atom is -0.491 e. The van der Waals surface area contributed by atoms with Crippen LogP contribution in [-0.2, 0) is 16.1 Å². The molecule has 0 aliphatic carbocycles. The monoisotopic (exact) mass is 708 g/mol. The van der Waals surface area contributed by atoms with Crippen molar-refractivity contribution in [3.63, 3.8) is 0 Å². The Kier molecular flexibility index (Phi) is 10.4. The summed E-state index contributed by atoms with van der Waals surface area (Å²) >= 11 is 4.79. The molecule has 0 saturated carbocycles. The van der Waals surface area contributed by atoms with Crippen LogP contribution in [0, 0.1) is 5.82 Å². The highest BCUT2D eigenvalue weighted by atomic mass is 79.9. The first kappa shape index (κ1) is 33.2. The molecule has 240 valence electrons. The van der Waals surface area contributed by atoms with Gasteiger partial charge in [0, 0.05) is 11.1 Å². The van der Waals surface area contributed by atoms with Gasteiger partial charge >= 0.3 is 5.97 Å². The lowest BCUT2D eigenvalue weighted by Gasteiger charge is -2.26. The Hall–Kier alpha value is -4.22. The van der Waals surface area contributed by atoms with Gasteiger partial charge in [0.15, 0.2) is 16.3 Å². The average Bonchev–Trinajstić information content (AvgIpc) is 3.31. The van der Waals surface area contributed by atoms with Crippen LogP contribution in [0.15, 0.2) is 86.2 Å². The third kappa shape index (κ3) is 6.95. The van der Waals surface area contributed by atoms with E-state index >= 15 is 0 Å². The predicted octanol–water partition coefficient (Wildman–Crippen LogP) is 6.46. The summed E-state index contributed by atoms with van der Waals surface area (Å²) in [6.07, 6.45) is 1.61. The summed E-state index contributed by atoms with van der Waals surface area (Å²) in [5, 5.41) is 0. The van der Waals surface area contributed by atoms with Crippen molar-refractivity contribution in [1.82, 2.24) is 4.57 Å². The van der Waals surface area contributed by atoms with Crippen molar-refractivity contribution >= 4 is 39.3 Å². The molecule has 0 unspecified atom stereocenters. The Balaban J connectivity index is 1.62. The van der Waals surface area contributed by atoms with E-state index in [9.17, 15) is 14.0 Å². The third-order valence-corrected chi connectivity index (χ3v) is 8.62. The second kappa shape index (κ2) is 14.5. The maximum Gasteiger partial charge on any atom is 0.338 e.